The maximum absolute atomic E-state index is 13.6. The summed E-state index contributed by atoms with van der Waals surface area (Å²) in [7, 11) is 0. The number of piperazine rings is 1. The van der Waals surface area contributed by atoms with Gasteiger partial charge in [-0.05, 0) is 44.9 Å². The molecule has 1 atom stereocenters. The van der Waals surface area contributed by atoms with Crippen LogP contribution in [0.2, 0.25) is 0 Å². The van der Waals surface area contributed by atoms with Gasteiger partial charge in [0.25, 0.3) is 0 Å². The zero-order valence-corrected chi connectivity index (χ0v) is 17.4. The molecule has 0 radical (unpaired) electrons. The second-order valence-electron chi connectivity index (χ2n) is 8.02. The van der Waals surface area contributed by atoms with Crippen LogP contribution in [0.1, 0.15) is 29.9 Å². The van der Waals surface area contributed by atoms with E-state index in [2.05, 4.69) is 10.1 Å². The van der Waals surface area contributed by atoms with Gasteiger partial charge >= 0.3 is 0 Å². The van der Waals surface area contributed by atoms with Crippen molar-refractivity contribution in [2.24, 2.45) is 0 Å². The lowest BCUT2D eigenvalue weighted by Gasteiger charge is -2.42. The van der Waals surface area contributed by atoms with E-state index in [9.17, 15) is 14.0 Å². The standard InChI is InChI=1S/C22H27FN4O3/c1-15-19(16(2)30-24-15)14-21(28)26-11-9-25(10-12-26)20-7-4-8-27(22(20)29)18-6-3-5-17(23)13-18/h3,5-6,13,20H,4,7-12,14H2,1-2H3. The molecular formula is C22H27FN4O3. The van der Waals surface area contributed by atoms with Crippen LogP contribution in [0.5, 0.6) is 0 Å². The smallest absolute Gasteiger partial charge is 0.244 e. The summed E-state index contributed by atoms with van der Waals surface area (Å²) in [6.07, 6.45) is 1.95. The lowest BCUT2D eigenvalue weighted by Crippen LogP contribution is -2.58. The topological polar surface area (TPSA) is 69.9 Å². The molecule has 0 aliphatic carbocycles. The molecule has 1 aromatic heterocycles. The predicted molar refractivity (Wildman–Crippen MR) is 110 cm³/mol. The van der Waals surface area contributed by atoms with Crippen LogP contribution >= 0.6 is 0 Å². The van der Waals surface area contributed by atoms with Crippen molar-refractivity contribution in [2.45, 2.75) is 39.2 Å². The average molecular weight is 414 g/mol. The molecule has 7 nitrogen and oxygen atoms in total. The third-order valence-corrected chi connectivity index (χ3v) is 6.15. The first-order valence-electron chi connectivity index (χ1n) is 10.4. The molecule has 3 heterocycles. The zero-order valence-electron chi connectivity index (χ0n) is 17.4. The van der Waals surface area contributed by atoms with Gasteiger partial charge in [0.15, 0.2) is 0 Å². The molecule has 0 bridgehead atoms. The van der Waals surface area contributed by atoms with Crippen LogP contribution in [-0.4, -0.2) is 65.5 Å². The maximum Gasteiger partial charge on any atom is 0.244 e. The summed E-state index contributed by atoms with van der Waals surface area (Å²) in [5.74, 6) is 0.417. The van der Waals surface area contributed by atoms with Crippen molar-refractivity contribution >= 4 is 17.5 Å². The van der Waals surface area contributed by atoms with Gasteiger partial charge in [-0.25, -0.2) is 4.39 Å². The lowest BCUT2D eigenvalue weighted by molar-refractivity contribution is -0.133. The van der Waals surface area contributed by atoms with E-state index in [0.717, 1.165) is 24.1 Å². The van der Waals surface area contributed by atoms with Crippen molar-refractivity contribution in [1.82, 2.24) is 15.0 Å². The Balaban J connectivity index is 1.36. The van der Waals surface area contributed by atoms with Crippen molar-refractivity contribution in [2.75, 3.05) is 37.6 Å². The van der Waals surface area contributed by atoms with Crippen LogP contribution in [0.15, 0.2) is 28.8 Å². The quantitative estimate of drug-likeness (QED) is 0.768. The zero-order chi connectivity index (χ0) is 21.3. The number of hydrogen-bond donors (Lipinski definition) is 0. The van der Waals surface area contributed by atoms with Gasteiger partial charge in [0.05, 0.1) is 18.2 Å². The number of rotatable bonds is 4. The van der Waals surface area contributed by atoms with E-state index >= 15 is 0 Å². The van der Waals surface area contributed by atoms with Gasteiger partial charge in [-0.1, -0.05) is 11.2 Å². The number of carbonyl (C=O) groups is 2. The highest BCUT2D eigenvalue weighted by Crippen LogP contribution is 2.25. The fraction of sp³-hybridized carbons (Fsp3) is 0.500. The summed E-state index contributed by atoms with van der Waals surface area (Å²) in [6.45, 7) is 6.75. The molecular weight excluding hydrogens is 387 g/mol. The minimum Gasteiger partial charge on any atom is -0.361 e. The Bertz CT molecular complexity index is 917. The largest absolute Gasteiger partial charge is 0.361 e. The Hall–Kier alpha value is -2.74. The molecule has 2 aromatic rings. The van der Waals surface area contributed by atoms with Crippen LogP contribution in [0, 0.1) is 19.7 Å². The highest BCUT2D eigenvalue weighted by molar-refractivity contribution is 5.98. The third kappa shape index (κ3) is 4.09. The third-order valence-electron chi connectivity index (χ3n) is 6.15. The molecule has 2 fully saturated rings. The predicted octanol–water partition coefficient (Wildman–Crippen LogP) is 2.31. The van der Waals surface area contributed by atoms with E-state index in [1.165, 1.54) is 12.1 Å². The van der Waals surface area contributed by atoms with Crippen LogP contribution in [0.4, 0.5) is 10.1 Å². The van der Waals surface area contributed by atoms with Gasteiger partial charge in [0, 0.05) is 44.0 Å². The summed E-state index contributed by atoms with van der Waals surface area (Å²) in [4.78, 5) is 31.5. The molecule has 8 heteroatoms. The van der Waals surface area contributed by atoms with Gasteiger partial charge in [-0.3, -0.25) is 14.5 Å². The fourth-order valence-corrected chi connectivity index (χ4v) is 4.40. The van der Waals surface area contributed by atoms with Crippen LogP contribution in [-0.2, 0) is 16.0 Å². The molecule has 2 aliphatic rings. The molecule has 0 saturated carbocycles. The Morgan fingerprint density at radius 1 is 1.20 bits per heavy atom. The highest BCUT2D eigenvalue weighted by atomic mass is 19.1. The van der Waals surface area contributed by atoms with Crippen molar-refractivity contribution in [1.29, 1.82) is 0 Å². The summed E-state index contributed by atoms with van der Waals surface area (Å²) in [6, 6.07) is 5.97. The van der Waals surface area contributed by atoms with Crippen LogP contribution in [0.3, 0.4) is 0 Å². The Morgan fingerprint density at radius 3 is 2.63 bits per heavy atom. The number of aromatic nitrogens is 1. The molecule has 0 N–H and O–H groups in total. The molecule has 2 amide bonds. The van der Waals surface area contributed by atoms with E-state index in [0.29, 0.717) is 44.2 Å². The molecule has 160 valence electrons. The summed E-state index contributed by atoms with van der Waals surface area (Å²) in [5, 5.41) is 3.91. The lowest BCUT2D eigenvalue weighted by atomic mass is 10.0. The number of hydrogen-bond acceptors (Lipinski definition) is 5. The second kappa shape index (κ2) is 8.55. The monoisotopic (exact) mass is 414 g/mol. The van der Waals surface area contributed by atoms with Crippen molar-refractivity contribution in [3.05, 3.63) is 47.1 Å². The molecule has 1 aromatic carbocycles. The molecule has 4 rings (SSSR count). The second-order valence-corrected chi connectivity index (χ2v) is 8.02. The van der Waals surface area contributed by atoms with E-state index in [4.69, 9.17) is 4.52 Å². The first-order valence-corrected chi connectivity index (χ1v) is 10.4. The molecule has 30 heavy (non-hydrogen) atoms. The Labute approximate surface area is 175 Å². The van der Waals surface area contributed by atoms with Gasteiger partial charge in [-0.15, -0.1) is 0 Å². The van der Waals surface area contributed by atoms with Crippen molar-refractivity contribution in [3.8, 4) is 0 Å². The summed E-state index contributed by atoms with van der Waals surface area (Å²) >= 11 is 0. The minimum atomic E-state index is -0.340. The maximum atomic E-state index is 13.6. The average Bonchev–Trinajstić information content (AvgIpc) is 3.06. The number of benzene rings is 1. The van der Waals surface area contributed by atoms with Gasteiger partial charge in [-0.2, -0.15) is 0 Å². The first kappa shape index (κ1) is 20.5. The number of piperidine rings is 1. The highest BCUT2D eigenvalue weighted by Gasteiger charge is 2.36. The van der Waals surface area contributed by atoms with Crippen molar-refractivity contribution < 1.29 is 18.5 Å². The van der Waals surface area contributed by atoms with Gasteiger partial charge in [0.2, 0.25) is 11.8 Å². The van der Waals surface area contributed by atoms with E-state index in [1.54, 1.807) is 17.0 Å². The molecule has 2 aliphatic heterocycles. The summed E-state index contributed by atoms with van der Waals surface area (Å²) < 4.78 is 18.8. The number of amides is 2. The number of anilines is 1. The van der Waals surface area contributed by atoms with Gasteiger partial charge < -0.3 is 14.3 Å². The minimum absolute atomic E-state index is 0.0161. The van der Waals surface area contributed by atoms with Gasteiger partial charge in [0.1, 0.15) is 11.6 Å². The number of aryl methyl sites for hydroxylation is 2. The van der Waals surface area contributed by atoms with E-state index in [1.807, 2.05) is 18.7 Å². The Kier molecular flexibility index (Phi) is 5.85. The molecule has 2 saturated heterocycles. The molecule has 0 spiro atoms. The van der Waals surface area contributed by atoms with Crippen LogP contribution in [0.25, 0.3) is 0 Å². The van der Waals surface area contributed by atoms with Crippen LogP contribution < -0.4 is 4.90 Å². The number of halogens is 1. The normalized spacial score (nSPS) is 20.6. The van der Waals surface area contributed by atoms with E-state index in [-0.39, 0.29) is 30.1 Å². The van der Waals surface area contributed by atoms with Crippen molar-refractivity contribution in [3.63, 3.8) is 0 Å². The number of nitrogens with zero attached hydrogens (tertiary/aromatic N) is 4. The van der Waals surface area contributed by atoms with E-state index < -0.39 is 0 Å². The molecule has 1 unspecified atom stereocenters. The Morgan fingerprint density at radius 2 is 1.97 bits per heavy atom. The number of carbonyl (C=O) groups excluding carboxylic acids is 2. The summed E-state index contributed by atoms with van der Waals surface area (Å²) in [5.41, 5.74) is 2.22. The first-order chi connectivity index (χ1) is 14.4. The SMILES string of the molecule is Cc1noc(C)c1CC(=O)N1CCN(C2CCCN(c3cccc(F)c3)C2=O)CC1. The fourth-order valence-electron chi connectivity index (χ4n) is 4.40.